The van der Waals surface area contributed by atoms with Crippen molar-refractivity contribution in [3.05, 3.63) is 35.4 Å². The highest BCUT2D eigenvalue weighted by Crippen LogP contribution is 2.04. The van der Waals surface area contributed by atoms with Crippen molar-refractivity contribution in [3.8, 4) is 0 Å². The van der Waals surface area contributed by atoms with Gasteiger partial charge in [0.25, 0.3) is 5.91 Å². The zero-order valence-corrected chi connectivity index (χ0v) is 10.1. The fraction of sp³-hybridized carbons (Fsp3) is 0.167. The molecule has 0 saturated heterocycles. The van der Waals surface area contributed by atoms with Crippen LogP contribution in [-0.2, 0) is 4.79 Å². The van der Waals surface area contributed by atoms with Crippen LogP contribution in [-0.4, -0.2) is 33.8 Å². The molecule has 3 N–H and O–H groups in total. The molecule has 0 atom stereocenters. The van der Waals surface area contributed by atoms with Crippen LogP contribution >= 0.6 is 0 Å². The van der Waals surface area contributed by atoms with Crippen LogP contribution in [0.1, 0.15) is 34.1 Å². The summed E-state index contributed by atoms with van der Waals surface area (Å²) in [6.45, 7) is 1.47. The molecule has 0 heterocycles. The number of carbonyl (C=O) groups excluding carboxylic acids is 1. The number of carboxylic acid groups (broad SMARTS) is 2. The Bertz CT molecular complexity index is 534. The number of aliphatic carboxylic acids is 1. The minimum atomic E-state index is -1.08. The number of carboxylic acids is 2. The standard InChI is InChI=1S/C12H12N2O5/c1-7(6-10(15)16)13-14-11(17)8-2-4-9(5-3-8)12(18)19/h2-5H,6H2,1H3,(H,14,17)(H,15,16)(H,18,19)/b13-7+. The predicted molar refractivity (Wildman–Crippen MR) is 66.2 cm³/mol. The van der Waals surface area contributed by atoms with Crippen molar-refractivity contribution in [2.75, 3.05) is 0 Å². The molecule has 0 aliphatic heterocycles. The van der Waals surface area contributed by atoms with Gasteiger partial charge in [0.2, 0.25) is 0 Å². The molecule has 0 radical (unpaired) electrons. The topological polar surface area (TPSA) is 116 Å². The van der Waals surface area contributed by atoms with Gasteiger partial charge in [-0.2, -0.15) is 5.10 Å². The van der Waals surface area contributed by atoms with Crippen molar-refractivity contribution in [2.45, 2.75) is 13.3 Å². The fourth-order valence-corrected chi connectivity index (χ4v) is 1.23. The van der Waals surface area contributed by atoms with Crippen LogP contribution in [0.2, 0.25) is 0 Å². The summed E-state index contributed by atoms with van der Waals surface area (Å²) < 4.78 is 0. The third kappa shape index (κ3) is 4.58. The van der Waals surface area contributed by atoms with Gasteiger partial charge in [-0.1, -0.05) is 0 Å². The molecule has 100 valence electrons. The number of hydrogen-bond acceptors (Lipinski definition) is 4. The Morgan fingerprint density at radius 3 is 2.11 bits per heavy atom. The fourth-order valence-electron chi connectivity index (χ4n) is 1.23. The van der Waals surface area contributed by atoms with Gasteiger partial charge in [0.05, 0.1) is 12.0 Å². The predicted octanol–water partition coefficient (Wildman–Crippen LogP) is 0.965. The summed E-state index contributed by atoms with van der Waals surface area (Å²) in [4.78, 5) is 32.6. The lowest BCUT2D eigenvalue weighted by atomic mass is 10.1. The average molecular weight is 264 g/mol. The molecule has 0 fully saturated rings. The zero-order chi connectivity index (χ0) is 14.4. The van der Waals surface area contributed by atoms with E-state index in [1.165, 1.54) is 31.2 Å². The normalized spacial score (nSPS) is 10.9. The van der Waals surface area contributed by atoms with E-state index >= 15 is 0 Å². The maximum Gasteiger partial charge on any atom is 0.335 e. The van der Waals surface area contributed by atoms with Crippen molar-refractivity contribution < 1.29 is 24.6 Å². The molecule has 1 aromatic rings. The third-order valence-electron chi connectivity index (χ3n) is 2.15. The minimum absolute atomic E-state index is 0.0714. The molecule has 7 nitrogen and oxygen atoms in total. The Labute approximate surface area is 108 Å². The van der Waals surface area contributed by atoms with Crippen molar-refractivity contribution in [2.24, 2.45) is 5.10 Å². The number of amides is 1. The molecule has 1 amide bonds. The van der Waals surface area contributed by atoms with Gasteiger partial charge < -0.3 is 10.2 Å². The molecule has 0 aliphatic rings. The Morgan fingerprint density at radius 1 is 1.11 bits per heavy atom. The van der Waals surface area contributed by atoms with Crippen molar-refractivity contribution in [1.29, 1.82) is 0 Å². The first-order chi connectivity index (χ1) is 8.90. The Morgan fingerprint density at radius 2 is 1.63 bits per heavy atom. The lowest BCUT2D eigenvalue weighted by Crippen LogP contribution is -2.20. The SMILES string of the molecule is C/C(CC(=O)O)=N\NC(=O)c1ccc(C(=O)O)cc1. The van der Waals surface area contributed by atoms with E-state index in [2.05, 4.69) is 10.5 Å². The highest BCUT2D eigenvalue weighted by Gasteiger charge is 2.07. The molecule has 1 rings (SSSR count). The quantitative estimate of drug-likeness (QED) is 0.541. The van der Waals surface area contributed by atoms with Gasteiger partial charge in [-0.15, -0.1) is 0 Å². The molecular weight excluding hydrogens is 252 g/mol. The molecule has 0 unspecified atom stereocenters. The van der Waals surface area contributed by atoms with E-state index in [9.17, 15) is 14.4 Å². The van der Waals surface area contributed by atoms with E-state index in [0.717, 1.165) is 0 Å². The number of rotatable bonds is 5. The van der Waals surface area contributed by atoms with Gasteiger partial charge in [0.15, 0.2) is 0 Å². The summed E-state index contributed by atoms with van der Waals surface area (Å²) in [6, 6.07) is 5.29. The molecule has 0 spiro atoms. The van der Waals surface area contributed by atoms with E-state index in [-0.39, 0.29) is 23.3 Å². The molecule has 19 heavy (non-hydrogen) atoms. The first kappa shape index (κ1) is 14.4. The highest BCUT2D eigenvalue weighted by atomic mass is 16.4. The van der Waals surface area contributed by atoms with Gasteiger partial charge >= 0.3 is 11.9 Å². The second-order valence-electron chi connectivity index (χ2n) is 3.74. The summed E-state index contributed by atoms with van der Waals surface area (Å²) in [5, 5.41) is 20.8. The smallest absolute Gasteiger partial charge is 0.335 e. The number of aromatic carboxylic acids is 1. The zero-order valence-electron chi connectivity index (χ0n) is 10.1. The van der Waals surface area contributed by atoms with E-state index in [4.69, 9.17) is 10.2 Å². The first-order valence-electron chi connectivity index (χ1n) is 5.29. The van der Waals surface area contributed by atoms with Crippen LogP contribution in [0, 0.1) is 0 Å². The number of hydrazone groups is 1. The van der Waals surface area contributed by atoms with Crippen molar-refractivity contribution in [1.82, 2.24) is 5.43 Å². The van der Waals surface area contributed by atoms with Gasteiger partial charge in [0.1, 0.15) is 0 Å². The maximum atomic E-state index is 11.6. The Balaban J connectivity index is 2.68. The lowest BCUT2D eigenvalue weighted by molar-refractivity contribution is -0.135. The molecule has 7 heteroatoms. The van der Waals surface area contributed by atoms with Crippen molar-refractivity contribution >= 4 is 23.6 Å². The lowest BCUT2D eigenvalue weighted by Gasteiger charge is -2.02. The number of nitrogens with zero attached hydrogens (tertiary/aromatic N) is 1. The third-order valence-corrected chi connectivity index (χ3v) is 2.15. The summed E-state index contributed by atoms with van der Waals surface area (Å²) in [6.07, 6.45) is -0.266. The summed E-state index contributed by atoms with van der Waals surface area (Å²) in [7, 11) is 0. The monoisotopic (exact) mass is 264 g/mol. The summed E-state index contributed by atoms with van der Waals surface area (Å²) >= 11 is 0. The second kappa shape index (κ2) is 6.29. The van der Waals surface area contributed by atoms with Crippen LogP contribution in [0.4, 0.5) is 0 Å². The molecule has 0 bridgehead atoms. The number of benzene rings is 1. The van der Waals surface area contributed by atoms with Gasteiger partial charge in [-0.05, 0) is 31.2 Å². The van der Waals surface area contributed by atoms with E-state index in [0.29, 0.717) is 0 Å². The van der Waals surface area contributed by atoms with E-state index in [1.807, 2.05) is 0 Å². The molecular formula is C12H12N2O5. The van der Waals surface area contributed by atoms with Crippen LogP contribution in [0.15, 0.2) is 29.4 Å². The van der Waals surface area contributed by atoms with E-state index in [1.54, 1.807) is 0 Å². The number of carbonyl (C=O) groups is 3. The summed E-state index contributed by atoms with van der Waals surface area (Å²) in [5.41, 5.74) is 2.75. The van der Waals surface area contributed by atoms with Crippen LogP contribution in [0.25, 0.3) is 0 Å². The second-order valence-corrected chi connectivity index (χ2v) is 3.74. The number of nitrogens with one attached hydrogen (secondary N) is 1. The van der Waals surface area contributed by atoms with Crippen LogP contribution in [0.3, 0.4) is 0 Å². The average Bonchev–Trinajstić information content (AvgIpc) is 2.35. The van der Waals surface area contributed by atoms with Crippen LogP contribution in [0.5, 0.6) is 0 Å². The molecule has 0 saturated carbocycles. The molecule has 0 aromatic heterocycles. The van der Waals surface area contributed by atoms with Crippen molar-refractivity contribution in [3.63, 3.8) is 0 Å². The summed E-state index contributed by atoms with van der Waals surface area (Å²) in [5.74, 6) is -2.66. The Kier molecular flexibility index (Phi) is 4.76. The molecule has 0 aliphatic carbocycles. The Hall–Kier alpha value is -2.70. The van der Waals surface area contributed by atoms with Crippen LogP contribution < -0.4 is 5.43 Å². The largest absolute Gasteiger partial charge is 0.481 e. The van der Waals surface area contributed by atoms with E-state index < -0.39 is 17.8 Å². The number of hydrogen-bond donors (Lipinski definition) is 3. The maximum absolute atomic E-state index is 11.6. The first-order valence-corrected chi connectivity index (χ1v) is 5.29. The molecule has 1 aromatic carbocycles. The highest BCUT2D eigenvalue weighted by molar-refractivity contribution is 5.99. The van der Waals surface area contributed by atoms with Gasteiger partial charge in [-0.3, -0.25) is 9.59 Å². The van der Waals surface area contributed by atoms with Gasteiger partial charge in [0, 0.05) is 11.3 Å². The minimum Gasteiger partial charge on any atom is -0.481 e. The van der Waals surface area contributed by atoms with Gasteiger partial charge in [-0.25, -0.2) is 10.2 Å².